The third-order valence-corrected chi connectivity index (χ3v) is 4.92. The van der Waals surface area contributed by atoms with Crippen LogP contribution in [0.15, 0.2) is 22.7 Å². The fourth-order valence-corrected chi connectivity index (χ4v) is 3.99. The highest BCUT2D eigenvalue weighted by Crippen LogP contribution is 2.30. The molecular formula is C15H21BrN2. The molecule has 18 heavy (non-hydrogen) atoms. The molecule has 1 aromatic rings. The number of piperazine rings is 1. The molecule has 0 radical (unpaired) electrons. The Morgan fingerprint density at radius 3 is 2.89 bits per heavy atom. The van der Waals surface area contributed by atoms with Gasteiger partial charge in [0, 0.05) is 30.1 Å². The summed E-state index contributed by atoms with van der Waals surface area (Å²) in [7, 11) is 0. The lowest BCUT2D eigenvalue weighted by molar-refractivity contribution is 0.133. The fourth-order valence-electron chi connectivity index (χ4n) is 3.24. The van der Waals surface area contributed by atoms with Gasteiger partial charge in [0.05, 0.1) is 5.69 Å². The molecule has 3 rings (SSSR count). The Bertz CT molecular complexity index is 433. The van der Waals surface area contributed by atoms with Crippen molar-refractivity contribution >= 4 is 21.6 Å². The molecule has 2 aliphatic heterocycles. The predicted molar refractivity (Wildman–Crippen MR) is 80.3 cm³/mol. The topological polar surface area (TPSA) is 6.48 Å². The summed E-state index contributed by atoms with van der Waals surface area (Å²) in [5, 5.41) is 0. The van der Waals surface area contributed by atoms with Crippen LogP contribution in [0.2, 0.25) is 0 Å². The van der Waals surface area contributed by atoms with Gasteiger partial charge in [0.2, 0.25) is 0 Å². The van der Waals surface area contributed by atoms with Crippen LogP contribution in [0.25, 0.3) is 0 Å². The molecule has 0 spiro atoms. The molecule has 1 unspecified atom stereocenters. The number of halogens is 1. The second-order valence-electron chi connectivity index (χ2n) is 5.59. The molecule has 1 atom stereocenters. The van der Waals surface area contributed by atoms with Crippen molar-refractivity contribution < 1.29 is 0 Å². The maximum atomic E-state index is 3.72. The summed E-state index contributed by atoms with van der Waals surface area (Å²) >= 11 is 3.72. The van der Waals surface area contributed by atoms with E-state index in [4.69, 9.17) is 0 Å². The van der Waals surface area contributed by atoms with E-state index in [1.54, 1.807) is 0 Å². The first kappa shape index (κ1) is 12.5. The van der Waals surface area contributed by atoms with Gasteiger partial charge in [-0.3, -0.25) is 4.90 Å². The average molecular weight is 309 g/mol. The van der Waals surface area contributed by atoms with Gasteiger partial charge in [-0.2, -0.15) is 0 Å². The fraction of sp³-hybridized carbons (Fsp3) is 0.600. The van der Waals surface area contributed by atoms with Crippen LogP contribution in [0.4, 0.5) is 5.69 Å². The van der Waals surface area contributed by atoms with E-state index in [1.165, 1.54) is 54.6 Å². The summed E-state index contributed by atoms with van der Waals surface area (Å²) in [6.07, 6.45) is 4.18. The minimum atomic E-state index is 0.778. The van der Waals surface area contributed by atoms with Gasteiger partial charge in [-0.15, -0.1) is 0 Å². The number of anilines is 1. The number of piperidine rings is 1. The number of benzene rings is 1. The standard InChI is InChI=1S/C15H21BrN2/c1-12-5-6-15(14(16)10-12)18-9-8-17-7-3-2-4-13(17)11-18/h5-6,10,13H,2-4,7-9,11H2,1H3. The average Bonchev–Trinajstić information content (AvgIpc) is 2.38. The van der Waals surface area contributed by atoms with E-state index in [-0.39, 0.29) is 0 Å². The molecule has 2 aliphatic rings. The Morgan fingerprint density at radius 1 is 1.17 bits per heavy atom. The Labute approximate surface area is 118 Å². The quantitative estimate of drug-likeness (QED) is 0.784. The summed E-state index contributed by atoms with van der Waals surface area (Å²) in [6.45, 7) is 7.05. The smallest absolute Gasteiger partial charge is 0.0511 e. The zero-order valence-corrected chi connectivity index (χ0v) is 12.6. The van der Waals surface area contributed by atoms with Crippen molar-refractivity contribution in [3.8, 4) is 0 Å². The number of hydrogen-bond acceptors (Lipinski definition) is 2. The molecule has 2 heterocycles. The SMILES string of the molecule is Cc1ccc(N2CCN3CCCCC3C2)c(Br)c1. The largest absolute Gasteiger partial charge is 0.368 e. The van der Waals surface area contributed by atoms with Crippen molar-refractivity contribution in [2.75, 3.05) is 31.1 Å². The van der Waals surface area contributed by atoms with Crippen LogP contribution in [0.5, 0.6) is 0 Å². The first-order chi connectivity index (χ1) is 8.74. The van der Waals surface area contributed by atoms with Crippen molar-refractivity contribution in [1.29, 1.82) is 0 Å². The Balaban J connectivity index is 1.77. The molecule has 0 aliphatic carbocycles. The highest BCUT2D eigenvalue weighted by molar-refractivity contribution is 9.10. The van der Waals surface area contributed by atoms with Crippen LogP contribution in [0.1, 0.15) is 24.8 Å². The van der Waals surface area contributed by atoms with Crippen molar-refractivity contribution in [1.82, 2.24) is 4.90 Å². The number of aryl methyl sites for hydroxylation is 1. The first-order valence-corrected chi connectivity index (χ1v) is 7.78. The second-order valence-corrected chi connectivity index (χ2v) is 6.44. The molecule has 0 N–H and O–H groups in total. The van der Waals surface area contributed by atoms with Gasteiger partial charge < -0.3 is 4.90 Å². The van der Waals surface area contributed by atoms with E-state index in [2.05, 4.69) is 50.9 Å². The van der Waals surface area contributed by atoms with E-state index < -0.39 is 0 Å². The van der Waals surface area contributed by atoms with Gasteiger partial charge in [0.1, 0.15) is 0 Å². The van der Waals surface area contributed by atoms with E-state index >= 15 is 0 Å². The number of nitrogens with zero attached hydrogens (tertiary/aromatic N) is 2. The van der Waals surface area contributed by atoms with Crippen molar-refractivity contribution in [3.63, 3.8) is 0 Å². The van der Waals surface area contributed by atoms with Crippen LogP contribution >= 0.6 is 15.9 Å². The van der Waals surface area contributed by atoms with Crippen LogP contribution in [-0.2, 0) is 0 Å². The molecule has 2 saturated heterocycles. The lowest BCUT2D eigenvalue weighted by Crippen LogP contribution is -2.55. The third kappa shape index (κ3) is 2.43. The summed E-state index contributed by atoms with van der Waals surface area (Å²) in [6, 6.07) is 7.48. The van der Waals surface area contributed by atoms with Crippen LogP contribution in [0.3, 0.4) is 0 Å². The maximum absolute atomic E-state index is 3.72. The lowest BCUT2D eigenvalue weighted by atomic mass is 9.99. The molecule has 0 aromatic heterocycles. The van der Waals surface area contributed by atoms with E-state index in [0.717, 1.165) is 12.6 Å². The predicted octanol–water partition coefficient (Wildman–Crippen LogP) is 3.43. The second kappa shape index (κ2) is 5.22. The van der Waals surface area contributed by atoms with Crippen molar-refractivity contribution in [2.45, 2.75) is 32.2 Å². The highest BCUT2D eigenvalue weighted by atomic mass is 79.9. The summed E-state index contributed by atoms with van der Waals surface area (Å²) in [5.74, 6) is 0. The molecule has 0 bridgehead atoms. The van der Waals surface area contributed by atoms with Crippen LogP contribution in [0, 0.1) is 6.92 Å². The Kier molecular flexibility index (Phi) is 3.62. The van der Waals surface area contributed by atoms with Crippen LogP contribution in [-0.4, -0.2) is 37.1 Å². The molecule has 0 amide bonds. The zero-order valence-electron chi connectivity index (χ0n) is 11.0. The van der Waals surface area contributed by atoms with Crippen LogP contribution < -0.4 is 4.90 Å². The van der Waals surface area contributed by atoms with Gasteiger partial charge in [-0.05, 0) is 59.9 Å². The summed E-state index contributed by atoms with van der Waals surface area (Å²) < 4.78 is 1.24. The Hall–Kier alpha value is -0.540. The molecule has 0 saturated carbocycles. The van der Waals surface area contributed by atoms with Gasteiger partial charge in [0.25, 0.3) is 0 Å². The van der Waals surface area contributed by atoms with Crippen molar-refractivity contribution in [2.24, 2.45) is 0 Å². The van der Waals surface area contributed by atoms with Crippen molar-refractivity contribution in [3.05, 3.63) is 28.2 Å². The van der Waals surface area contributed by atoms with Gasteiger partial charge in [-0.25, -0.2) is 0 Å². The number of fused-ring (bicyclic) bond motifs is 1. The minimum absolute atomic E-state index is 0.778. The molecule has 3 heteroatoms. The zero-order chi connectivity index (χ0) is 12.5. The monoisotopic (exact) mass is 308 g/mol. The highest BCUT2D eigenvalue weighted by Gasteiger charge is 2.29. The number of rotatable bonds is 1. The molecule has 1 aromatic carbocycles. The third-order valence-electron chi connectivity index (χ3n) is 4.28. The molecule has 2 nitrogen and oxygen atoms in total. The van der Waals surface area contributed by atoms with E-state index in [9.17, 15) is 0 Å². The minimum Gasteiger partial charge on any atom is -0.368 e. The maximum Gasteiger partial charge on any atom is 0.0511 e. The Morgan fingerprint density at radius 2 is 2.06 bits per heavy atom. The van der Waals surface area contributed by atoms with Gasteiger partial charge in [0.15, 0.2) is 0 Å². The number of hydrogen-bond donors (Lipinski definition) is 0. The molecular weight excluding hydrogens is 288 g/mol. The summed E-state index contributed by atoms with van der Waals surface area (Å²) in [5.41, 5.74) is 2.69. The molecule has 2 fully saturated rings. The van der Waals surface area contributed by atoms with E-state index in [1.807, 2.05) is 0 Å². The molecule has 98 valence electrons. The van der Waals surface area contributed by atoms with Gasteiger partial charge in [-0.1, -0.05) is 12.5 Å². The lowest BCUT2D eigenvalue weighted by Gasteiger charge is -2.45. The summed E-state index contributed by atoms with van der Waals surface area (Å²) in [4.78, 5) is 5.23. The van der Waals surface area contributed by atoms with Gasteiger partial charge >= 0.3 is 0 Å². The first-order valence-electron chi connectivity index (χ1n) is 6.99. The normalized spacial score (nSPS) is 25.0. The van der Waals surface area contributed by atoms with E-state index in [0.29, 0.717) is 0 Å².